The minimum Gasteiger partial charge on any atom is -0.431 e. The van der Waals surface area contributed by atoms with E-state index in [1.54, 1.807) is 0 Å². The molecule has 23 heavy (non-hydrogen) atoms. The van der Waals surface area contributed by atoms with Crippen LogP contribution in [0.5, 0.6) is 0 Å². The molecule has 3 rings (SSSR count). The van der Waals surface area contributed by atoms with Crippen LogP contribution in [0.1, 0.15) is 40.0 Å². The molecule has 1 N–H and O–H groups in total. The van der Waals surface area contributed by atoms with Crippen LogP contribution < -0.4 is 5.32 Å². The minimum absolute atomic E-state index is 0.0724. The number of amides is 1. The monoisotopic (exact) mass is 332 g/mol. The Morgan fingerprint density at radius 3 is 2.91 bits per heavy atom. The highest BCUT2D eigenvalue weighted by molar-refractivity contribution is 8.00. The van der Waals surface area contributed by atoms with Crippen LogP contribution in [-0.2, 0) is 4.79 Å². The summed E-state index contributed by atoms with van der Waals surface area (Å²) < 4.78 is 5.69. The van der Waals surface area contributed by atoms with Crippen molar-refractivity contribution in [2.75, 3.05) is 0 Å². The van der Waals surface area contributed by atoms with Crippen molar-refractivity contribution in [2.45, 2.75) is 56.5 Å². The third-order valence-corrected chi connectivity index (χ3v) is 5.90. The first-order valence-electron chi connectivity index (χ1n) is 8.37. The molecular formula is C18H24N2O2S. The summed E-state index contributed by atoms with van der Waals surface area (Å²) >= 11 is 1.38. The van der Waals surface area contributed by atoms with Gasteiger partial charge in [-0.3, -0.25) is 4.79 Å². The van der Waals surface area contributed by atoms with Crippen molar-refractivity contribution < 1.29 is 9.21 Å². The summed E-state index contributed by atoms with van der Waals surface area (Å²) in [7, 11) is 0. The van der Waals surface area contributed by atoms with Crippen molar-refractivity contribution in [2.24, 2.45) is 11.8 Å². The van der Waals surface area contributed by atoms with Crippen molar-refractivity contribution in [3.63, 3.8) is 0 Å². The van der Waals surface area contributed by atoms with E-state index >= 15 is 0 Å². The predicted molar refractivity (Wildman–Crippen MR) is 93.4 cm³/mol. The largest absolute Gasteiger partial charge is 0.431 e. The van der Waals surface area contributed by atoms with Crippen molar-refractivity contribution in [1.82, 2.24) is 10.3 Å². The van der Waals surface area contributed by atoms with E-state index in [1.807, 2.05) is 31.2 Å². The lowest BCUT2D eigenvalue weighted by Crippen LogP contribution is -2.46. The van der Waals surface area contributed by atoms with Crippen LogP contribution in [-0.4, -0.2) is 22.2 Å². The molecule has 0 unspecified atom stereocenters. The third-order valence-electron chi connectivity index (χ3n) is 4.96. The Labute approximate surface area is 141 Å². The third kappa shape index (κ3) is 3.71. The van der Waals surface area contributed by atoms with Crippen molar-refractivity contribution in [3.8, 4) is 0 Å². The Morgan fingerprint density at radius 1 is 1.35 bits per heavy atom. The number of benzene rings is 1. The van der Waals surface area contributed by atoms with Gasteiger partial charge in [-0.1, -0.05) is 50.6 Å². The molecule has 4 nitrogen and oxygen atoms in total. The molecule has 1 fully saturated rings. The van der Waals surface area contributed by atoms with Crippen LogP contribution in [0.15, 0.2) is 33.9 Å². The molecule has 124 valence electrons. The smallest absolute Gasteiger partial charge is 0.257 e. The van der Waals surface area contributed by atoms with Crippen LogP contribution in [0.3, 0.4) is 0 Å². The predicted octanol–water partition coefficient (Wildman–Crippen LogP) is 4.25. The fourth-order valence-electron chi connectivity index (χ4n) is 3.19. The van der Waals surface area contributed by atoms with Crippen molar-refractivity contribution in [1.29, 1.82) is 0 Å². The average molecular weight is 332 g/mol. The summed E-state index contributed by atoms with van der Waals surface area (Å²) in [5.74, 6) is 1.28. The molecule has 5 heteroatoms. The number of para-hydroxylation sites is 2. The molecule has 1 aromatic carbocycles. The van der Waals surface area contributed by atoms with E-state index in [2.05, 4.69) is 24.1 Å². The van der Waals surface area contributed by atoms with Crippen LogP contribution >= 0.6 is 11.8 Å². The molecule has 1 aliphatic rings. The van der Waals surface area contributed by atoms with Crippen LogP contribution in [0.2, 0.25) is 0 Å². The van der Waals surface area contributed by atoms with Crippen LogP contribution in [0, 0.1) is 11.8 Å². The van der Waals surface area contributed by atoms with Gasteiger partial charge in [-0.05, 0) is 37.3 Å². The SMILES string of the molecule is C[C@H]1[C@H](C)CCC[C@@H]1NC(=O)[C@H](C)Sc1nc2ccccc2o1. The molecule has 0 bridgehead atoms. The van der Waals surface area contributed by atoms with E-state index in [1.165, 1.54) is 24.6 Å². The Hall–Kier alpha value is -1.49. The highest BCUT2D eigenvalue weighted by Gasteiger charge is 2.29. The molecule has 1 aliphatic carbocycles. The van der Waals surface area contributed by atoms with E-state index < -0.39 is 0 Å². The van der Waals surface area contributed by atoms with Gasteiger partial charge >= 0.3 is 0 Å². The highest BCUT2D eigenvalue weighted by Crippen LogP contribution is 2.31. The number of rotatable bonds is 4. The van der Waals surface area contributed by atoms with Gasteiger partial charge in [0.2, 0.25) is 5.91 Å². The number of nitrogens with one attached hydrogen (secondary N) is 1. The number of hydrogen-bond donors (Lipinski definition) is 1. The molecule has 1 aromatic heterocycles. The second-order valence-corrected chi connectivity index (χ2v) is 7.88. The number of oxazole rings is 1. The fourth-order valence-corrected chi connectivity index (χ4v) is 3.96. The molecule has 1 saturated carbocycles. The zero-order valence-electron chi connectivity index (χ0n) is 13.9. The molecule has 0 saturated heterocycles. The lowest BCUT2D eigenvalue weighted by atomic mass is 9.78. The van der Waals surface area contributed by atoms with Crippen molar-refractivity contribution in [3.05, 3.63) is 24.3 Å². The number of thioether (sulfide) groups is 1. The summed E-state index contributed by atoms with van der Waals surface area (Å²) in [4.78, 5) is 16.9. The Morgan fingerprint density at radius 2 is 2.13 bits per heavy atom. The maximum absolute atomic E-state index is 12.5. The summed E-state index contributed by atoms with van der Waals surface area (Å²) in [6.07, 6.45) is 3.54. The number of carbonyl (C=O) groups excluding carboxylic acids is 1. The summed E-state index contributed by atoms with van der Waals surface area (Å²) in [6.45, 7) is 6.43. The maximum atomic E-state index is 12.5. The quantitative estimate of drug-likeness (QED) is 0.851. The molecule has 1 heterocycles. The van der Waals surface area contributed by atoms with E-state index in [0.717, 1.165) is 17.5 Å². The molecule has 2 aromatic rings. The molecule has 0 aliphatic heterocycles. The van der Waals surface area contributed by atoms with Gasteiger partial charge in [0.25, 0.3) is 5.22 Å². The second kappa shape index (κ2) is 6.95. The number of aromatic nitrogens is 1. The highest BCUT2D eigenvalue weighted by atomic mass is 32.2. The first kappa shape index (κ1) is 16.4. The van der Waals surface area contributed by atoms with Crippen LogP contribution in [0.25, 0.3) is 11.1 Å². The lowest BCUT2D eigenvalue weighted by Gasteiger charge is -2.35. The molecule has 0 spiro atoms. The van der Waals surface area contributed by atoms with E-state index in [9.17, 15) is 4.79 Å². The Bertz CT molecular complexity index is 651. The Kier molecular flexibility index (Phi) is 4.95. The summed E-state index contributed by atoms with van der Waals surface area (Å²) in [5, 5.41) is 3.56. The number of hydrogen-bond acceptors (Lipinski definition) is 4. The zero-order valence-corrected chi connectivity index (χ0v) is 14.7. The number of fused-ring (bicyclic) bond motifs is 1. The maximum Gasteiger partial charge on any atom is 0.257 e. The van der Waals surface area contributed by atoms with Gasteiger partial charge < -0.3 is 9.73 Å². The van der Waals surface area contributed by atoms with Gasteiger partial charge in [0.1, 0.15) is 5.52 Å². The average Bonchev–Trinajstić information content (AvgIpc) is 2.93. The Balaban J connectivity index is 1.61. The van der Waals surface area contributed by atoms with Crippen LogP contribution in [0.4, 0.5) is 0 Å². The number of nitrogens with zero attached hydrogens (tertiary/aromatic N) is 1. The van der Waals surface area contributed by atoms with Gasteiger partial charge in [-0.15, -0.1) is 0 Å². The van der Waals surface area contributed by atoms with Crippen molar-refractivity contribution >= 4 is 28.8 Å². The van der Waals surface area contributed by atoms with E-state index in [4.69, 9.17) is 4.42 Å². The summed E-state index contributed by atoms with van der Waals surface area (Å²) in [5.41, 5.74) is 1.59. The number of carbonyl (C=O) groups is 1. The second-order valence-electron chi connectivity index (χ2n) is 6.59. The fraction of sp³-hybridized carbons (Fsp3) is 0.556. The van der Waals surface area contributed by atoms with Gasteiger partial charge in [-0.2, -0.15) is 0 Å². The van der Waals surface area contributed by atoms with Gasteiger partial charge in [-0.25, -0.2) is 4.98 Å². The first-order valence-corrected chi connectivity index (χ1v) is 9.25. The van der Waals surface area contributed by atoms with E-state index in [-0.39, 0.29) is 17.2 Å². The minimum atomic E-state index is -0.215. The van der Waals surface area contributed by atoms with Gasteiger partial charge in [0, 0.05) is 6.04 Å². The molecule has 1 amide bonds. The standard InChI is InChI=1S/C18H24N2O2S/c1-11-7-6-9-14(12(11)2)19-17(21)13(3)23-18-20-15-8-4-5-10-16(15)22-18/h4-5,8,10-14H,6-7,9H2,1-3H3,(H,19,21)/t11-,12+,13+,14+/m1/s1. The van der Waals surface area contributed by atoms with Gasteiger partial charge in [0.05, 0.1) is 5.25 Å². The molecule has 4 atom stereocenters. The zero-order chi connectivity index (χ0) is 16.4. The normalized spacial score (nSPS) is 26.1. The summed E-state index contributed by atoms with van der Waals surface area (Å²) in [6, 6.07) is 7.95. The molecule has 0 radical (unpaired) electrons. The van der Waals surface area contributed by atoms with E-state index in [0.29, 0.717) is 17.1 Å². The topological polar surface area (TPSA) is 55.1 Å². The molecular weight excluding hydrogens is 308 g/mol. The lowest BCUT2D eigenvalue weighted by molar-refractivity contribution is -0.121. The first-order chi connectivity index (χ1) is 11.0. The van der Waals surface area contributed by atoms with Gasteiger partial charge in [0.15, 0.2) is 5.58 Å².